The van der Waals surface area contributed by atoms with Crippen molar-refractivity contribution in [1.82, 2.24) is 9.36 Å². The van der Waals surface area contributed by atoms with Gasteiger partial charge in [-0.2, -0.15) is 4.37 Å². The van der Waals surface area contributed by atoms with Crippen molar-refractivity contribution in [3.63, 3.8) is 0 Å². The van der Waals surface area contributed by atoms with Crippen LogP contribution < -0.4 is 5.32 Å². The minimum Gasteiger partial charge on any atom is -0.384 e. The molecule has 0 spiro atoms. The van der Waals surface area contributed by atoms with Gasteiger partial charge in [0.25, 0.3) is 5.91 Å². The molecule has 5 nitrogen and oxygen atoms in total. The average Bonchev–Trinajstić information content (AvgIpc) is 2.95. The smallest absolute Gasteiger partial charge is 0.268 e. The predicted octanol–water partition coefficient (Wildman–Crippen LogP) is 1.50. The molecule has 7 heteroatoms. The van der Waals surface area contributed by atoms with Crippen molar-refractivity contribution in [1.29, 1.82) is 0 Å². The Kier molecular flexibility index (Phi) is 4.04. The lowest BCUT2D eigenvalue weighted by atomic mass is 10.2. The number of aromatic nitrogens is 2. The number of anilines is 1. The summed E-state index contributed by atoms with van der Waals surface area (Å²) in [6.45, 7) is 1.53. The van der Waals surface area contributed by atoms with Crippen molar-refractivity contribution >= 4 is 33.9 Å². The number of hydrogen-bond donors (Lipinski definition) is 2. The summed E-state index contributed by atoms with van der Waals surface area (Å²) >= 11 is 2.43. The molecular formula is C11H9N3O2S2. The number of aryl methyl sites for hydroxylation is 1. The SMILES string of the molecule is Cc1nsc(NC(=O)c2sccc2C#CCO)n1. The van der Waals surface area contributed by atoms with E-state index in [9.17, 15) is 4.79 Å². The molecule has 1 amide bonds. The second-order valence-electron chi connectivity index (χ2n) is 3.22. The number of aliphatic hydroxyl groups is 1. The second-order valence-corrected chi connectivity index (χ2v) is 4.89. The number of nitrogens with one attached hydrogen (secondary N) is 1. The van der Waals surface area contributed by atoms with E-state index in [2.05, 4.69) is 26.5 Å². The Hall–Kier alpha value is -1.75. The van der Waals surface area contributed by atoms with Crippen LogP contribution in [-0.2, 0) is 0 Å². The van der Waals surface area contributed by atoms with Gasteiger partial charge in [0.15, 0.2) is 0 Å². The highest BCUT2D eigenvalue weighted by Gasteiger charge is 2.13. The number of hydrogen-bond acceptors (Lipinski definition) is 6. The Morgan fingerprint density at radius 2 is 2.44 bits per heavy atom. The summed E-state index contributed by atoms with van der Waals surface area (Å²) in [4.78, 5) is 16.5. The zero-order valence-electron chi connectivity index (χ0n) is 9.43. The summed E-state index contributed by atoms with van der Waals surface area (Å²) in [6.07, 6.45) is 0. The van der Waals surface area contributed by atoms with E-state index in [1.165, 1.54) is 11.3 Å². The fourth-order valence-electron chi connectivity index (χ4n) is 1.22. The first-order chi connectivity index (χ1) is 8.70. The lowest BCUT2D eigenvalue weighted by Crippen LogP contribution is -2.11. The molecule has 0 unspecified atom stereocenters. The first-order valence-corrected chi connectivity index (χ1v) is 6.65. The van der Waals surface area contributed by atoms with E-state index in [-0.39, 0.29) is 12.5 Å². The minimum absolute atomic E-state index is 0.230. The van der Waals surface area contributed by atoms with Gasteiger partial charge in [-0.25, -0.2) is 4.98 Å². The Morgan fingerprint density at radius 1 is 1.61 bits per heavy atom. The van der Waals surface area contributed by atoms with Crippen LogP contribution in [0.5, 0.6) is 0 Å². The van der Waals surface area contributed by atoms with Gasteiger partial charge in [0.1, 0.15) is 17.3 Å². The number of thiophene rings is 1. The Labute approximate surface area is 112 Å². The second kappa shape index (κ2) is 5.73. The molecule has 0 fully saturated rings. The monoisotopic (exact) mass is 279 g/mol. The predicted molar refractivity (Wildman–Crippen MR) is 70.9 cm³/mol. The van der Waals surface area contributed by atoms with E-state index in [4.69, 9.17) is 5.11 Å². The Balaban J connectivity index is 2.16. The van der Waals surface area contributed by atoms with Gasteiger partial charge in [0.05, 0.1) is 0 Å². The molecule has 0 aliphatic carbocycles. The van der Waals surface area contributed by atoms with Crippen LogP contribution in [0.15, 0.2) is 11.4 Å². The summed E-state index contributed by atoms with van der Waals surface area (Å²) in [5.41, 5.74) is 0.604. The number of nitrogens with zero attached hydrogens (tertiary/aromatic N) is 2. The van der Waals surface area contributed by atoms with Gasteiger partial charge in [-0.1, -0.05) is 11.8 Å². The van der Waals surface area contributed by atoms with E-state index in [0.29, 0.717) is 21.4 Å². The molecule has 2 rings (SSSR count). The maximum atomic E-state index is 12.0. The van der Waals surface area contributed by atoms with Gasteiger partial charge in [0, 0.05) is 17.1 Å². The van der Waals surface area contributed by atoms with Crippen LogP contribution in [0.2, 0.25) is 0 Å². The van der Waals surface area contributed by atoms with Gasteiger partial charge in [-0.05, 0) is 18.4 Å². The maximum absolute atomic E-state index is 12.0. The van der Waals surface area contributed by atoms with Gasteiger partial charge < -0.3 is 5.11 Å². The molecule has 2 heterocycles. The lowest BCUT2D eigenvalue weighted by Gasteiger charge is -1.98. The molecule has 0 saturated heterocycles. The van der Waals surface area contributed by atoms with Gasteiger partial charge in [0.2, 0.25) is 5.13 Å². The highest BCUT2D eigenvalue weighted by atomic mass is 32.1. The molecule has 0 bridgehead atoms. The van der Waals surface area contributed by atoms with Gasteiger partial charge in [-0.15, -0.1) is 11.3 Å². The minimum atomic E-state index is -0.261. The van der Waals surface area contributed by atoms with E-state index < -0.39 is 0 Å². The van der Waals surface area contributed by atoms with Crippen molar-refractivity contribution in [2.75, 3.05) is 11.9 Å². The molecule has 0 atom stereocenters. The molecular weight excluding hydrogens is 270 g/mol. The van der Waals surface area contributed by atoms with E-state index in [0.717, 1.165) is 11.5 Å². The number of aliphatic hydroxyl groups excluding tert-OH is 1. The molecule has 18 heavy (non-hydrogen) atoms. The fraction of sp³-hybridized carbons (Fsp3) is 0.182. The van der Waals surface area contributed by atoms with Crippen LogP contribution in [-0.4, -0.2) is 27.0 Å². The van der Waals surface area contributed by atoms with Gasteiger partial charge >= 0.3 is 0 Å². The van der Waals surface area contributed by atoms with Crippen molar-refractivity contribution < 1.29 is 9.90 Å². The van der Waals surface area contributed by atoms with E-state index >= 15 is 0 Å². The Morgan fingerprint density at radius 3 is 3.11 bits per heavy atom. The van der Waals surface area contributed by atoms with Crippen molar-refractivity contribution in [3.05, 3.63) is 27.7 Å². The lowest BCUT2D eigenvalue weighted by molar-refractivity contribution is 0.103. The standard InChI is InChI=1S/C11H9N3O2S2/c1-7-12-11(18-14-7)13-10(16)9-8(3-2-5-15)4-6-17-9/h4,6,15H,5H2,1H3,(H,12,13,14,16). The highest BCUT2D eigenvalue weighted by Crippen LogP contribution is 2.18. The van der Waals surface area contributed by atoms with E-state index in [1.54, 1.807) is 18.4 Å². The maximum Gasteiger partial charge on any atom is 0.268 e. The average molecular weight is 279 g/mol. The molecule has 2 aromatic rings. The van der Waals surface area contributed by atoms with Crippen LogP contribution in [0.25, 0.3) is 0 Å². The first kappa shape index (κ1) is 12.7. The van der Waals surface area contributed by atoms with Crippen molar-refractivity contribution in [2.45, 2.75) is 6.92 Å². The highest BCUT2D eigenvalue weighted by molar-refractivity contribution is 7.13. The fourth-order valence-corrected chi connectivity index (χ4v) is 2.54. The molecule has 2 aromatic heterocycles. The third-order valence-electron chi connectivity index (χ3n) is 1.92. The number of carbonyl (C=O) groups excluding carboxylic acids is 1. The number of amides is 1. The van der Waals surface area contributed by atoms with Crippen LogP contribution in [0.4, 0.5) is 5.13 Å². The number of rotatable bonds is 2. The van der Waals surface area contributed by atoms with Crippen LogP contribution in [0.3, 0.4) is 0 Å². The van der Waals surface area contributed by atoms with Crippen molar-refractivity contribution in [3.8, 4) is 11.8 Å². The third-order valence-corrected chi connectivity index (χ3v) is 3.56. The zero-order valence-corrected chi connectivity index (χ0v) is 11.1. The molecule has 0 aliphatic heterocycles. The first-order valence-electron chi connectivity index (χ1n) is 4.99. The molecule has 0 aromatic carbocycles. The summed E-state index contributed by atoms with van der Waals surface area (Å²) < 4.78 is 3.98. The molecule has 0 saturated carbocycles. The largest absolute Gasteiger partial charge is 0.384 e. The molecule has 92 valence electrons. The molecule has 0 radical (unpaired) electrons. The summed E-state index contributed by atoms with van der Waals surface area (Å²) in [5, 5.41) is 13.6. The quantitative estimate of drug-likeness (QED) is 0.817. The normalized spacial score (nSPS) is 9.67. The zero-order chi connectivity index (χ0) is 13.0. The van der Waals surface area contributed by atoms with Gasteiger partial charge in [-0.3, -0.25) is 10.1 Å². The number of carbonyl (C=O) groups is 1. The van der Waals surface area contributed by atoms with Crippen LogP contribution in [0.1, 0.15) is 21.1 Å². The van der Waals surface area contributed by atoms with Crippen molar-refractivity contribution in [2.24, 2.45) is 0 Å². The summed E-state index contributed by atoms with van der Waals surface area (Å²) in [5.74, 6) is 5.62. The third kappa shape index (κ3) is 2.92. The Bertz CT molecular complexity index is 622. The summed E-state index contributed by atoms with van der Waals surface area (Å²) in [6, 6.07) is 1.74. The summed E-state index contributed by atoms with van der Waals surface area (Å²) in [7, 11) is 0. The topological polar surface area (TPSA) is 75.1 Å². The molecule has 0 aliphatic rings. The van der Waals surface area contributed by atoms with E-state index in [1.807, 2.05) is 0 Å². The van der Waals surface area contributed by atoms with Crippen LogP contribution in [0, 0.1) is 18.8 Å². The van der Waals surface area contributed by atoms with Crippen LogP contribution >= 0.6 is 22.9 Å². The molecule has 2 N–H and O–H groups in total.